The summed E-state index contributed by atoms with van der Waals surface area (Å²) in [6.07, 6.45) is 2.33. The number of rotatable bonds is 3. The van der Waals surface area contributed by atoms with Gasteiger partial charge in [-0.1, -0.05) is 11.6 Å². The lowest BCUT2D eigenvalue weighted by Gasteiger charge is -1.99. The van der Waals surface area contributed by atoms with E-state index < -0.39 is 0 Å². The highest BCUT2D eigenvalue weighted by Gasteiger charge is 2.07. The van der Waals surface area contributed by atoms with E-state index in [1.807, 2.05) is 18.2 Å². The molecule has 3 nitrogen and oxygen atoms in total. The van der Waals surface area contributed by atoms with Crippen molar-refractivity contribution >= 4 is 27.5 Å². The molecule has 0 aliphatic carbocycles. The molecule has 0 aliphatic rings. The average Bonchev–Trinajstić information content (AvgIpc) is 2.71. The Bertz CT molecular complexity index is 498. The van der Waals surface area contributed by atoms with Crippen LogP contribution in [0.1, 0.15) is 5.89 Å². The standard InChI is InChI=1S/C11H10BrClN2O/c12-8-2-1-7(5-9(8)13)10-6-15-11(16-10)3-4-14/h1-2,5-6H,3-4,14H2. The van der Waals surface area contributed by atoms with E-state index in [4.69, 9.17) is 21.8 Å². The van der Waals surface area contributed by atoms with Crippen molar-refractivity contribution in [2.45, 2.75) is 6.42 Å². The minimum absolute atomic E-state index is 0.529. The van der Waals surface area contributed by atoms with Crippen LogP contribution in [-0.2, 0) is 6.42 Å². The molecule has 5 heteroatoms. The molecule has 0 amide bonds. The summed E-state index contributed by atoms with van der Waals surface area (Å²) >= 11 is 9.34. The lowest BCUT2D eigenvalue weighted by molar-refractivity contribution is 0.508. The Balaban J connectivity index is 2.31. The topological polar surface area (TPSA) is 52.0 Å². The van der Waals surface area contributed by atoms with E-state index in [0.29, 0.717) is 29.6 Å². The van der Waals surface area contributed by atoms with Gasteiger partial charge in [-0.05, 0) is 34.1 Å². The van der Waals surface area contributed by atoms with Crippen molar-refractivity contribution in [3.8, 4) is 11.3 Å². The van der Waals surface area contributed by atoms with Gasteiger partial charge >= 0.3 is 0 Å². The molecule has 0 saturated heterocycles. The predicted octanol–water partition coefficient (Wildman–Crippen LogP) is 3.26. The Morgan fingerprint density at radius 2 is 2.25 bits per heavy atom. The number of nitrogens with two attached hydrogens (primary N) is 1. The normalized spacial score (nSPS) is 10.7. The largest absolute Gasteiger partial charge is 0.441 e. The third kappa shape index (κ3) is 2.45. The van der Waals surface area contributed by atoms with Gasteiger partial charge in [0.2, 0.25) is 0 Å². The van der Waals surface area contributed by atoms with Crippen LogP contribution < -0.4 is 5.73 Å². The van der Waals surface area contributed by atoms with Crippen LogP contribution in [-0.4, -0.2) is 11.5 Å². The Morgan fingerprint density at radius 1 is 1.44 bits per heavy atom. The van der Waals surface area contributed by atoms with Crippen molar-refractivity contribution in [2.24, 2.45) is 5.73 Å². The molecule has 0 bridgehead atoms. The second-order valence-electron chi connectivity index (χ2n) is 3.29. The third-order valence-electron chi connectivity index (χ3n) is 2.12. The summed E-state index contributed by atoms with van der Waals surface area (Å²) in [5.41, 5.74) is 6.33. The Labute approximate surface area is 107 Å². The molecule has 0 atom stereocenters. The zero-order valence-corrected chi connectivity index (χ0v) is 10.8. The molecule has 0 unspecified atom stereocenters. The first-order valence-electron chi connectivity index (χ1n) is 4.81. The molecular formula is C11H10BrClN2O. The summed E-state index contributed by atoms with van der Waals surface area (Å²) in [7, 11) is 0. The SMILES string of the molecule is NCCc1ncc(-c2ccc(Br)c(Cl)c2)o1. The maximum absolute atomic E-state index is 6.00. The minimum atomic E-state index is 0.529. The van der Waals surface area contributed by atoms with Gasteiger partial charge in [0.15, 0.2) is 11.7 Å². The van der Waals surface area contributed by atoms with Gasteiger partial charge in [0.05, 0.1) is 11.2 Å². The van der Waals surface area contributed by atoms with Crippen molar-refractivity contribution in [2.75, 3.05) is 6.54 Å². The van der Waals surface area contributed by atoms with Gasteiger partial charge in [-0.2, -0.15) is 0 Å². The Morgan fingerprint density at radius 3 is 2.94 bits per heavy atom. The number of hydrogen-bond donors (Lipinski definition) is 1. The highest BCUT2D eigenvalue weighted by molar-refractivity contribution is 9.10. The molecule has 0 fully saturated rings. The van der Waals surface area contributed by atoms with E-state index in [-0.39, 0.29) is 0 Å². The highest BCUT2D eigenvalue weighted by atomic mass is 79.9. The van der Waals surface area contributed by atoms with E-state index in [1.54, 1.807) is 6.20 Å². The zero-order chi connectivity index (χ0) is 11.5. The van der Waals surface area contributed by atoms with Crippen molar-refractivity contribution in [1.29, 1.82) is 0 Å². The van der Waals surface area contributed by atoms with Crippen molar-refractivity contribution in [3.05, 3.63) is 39.8 Å². The van der Waals surface area contributed by atoms with Gasteiger partial charge in [-0.25, -0.2) is 4.98 Å². The van der Waals surface area contributed by atoms with Gasteiger partial charge in [-0.3, -0.25) is 0 Å². The van der Waals surface area contributed by atoms with E-state index in [9.17, 15) is 0 Å². The summed E-state index contributed by atoms with van der Waals surface area (Å²) in [5.74, 6) is 1.36. The summed E-state index contributed by atoms with van der Waals surface area (Å²) in [4.78, 5) is 4.13. The molecule has 0 radical (unpaired) electrons. The number of nitrogens with zero attached hydrogens (tertiary/aromatic N) is 1. The second-order valence-corrected chi connectivity index (χ2v) is 4.55. The van der Waals surface area contributed by atoms with Crippen LogP contribution in [0.25, 0.3) is 11.3 Å². The fraction of sp³-hybridized carbons (Fsp3) is 0.182. The Kier molecular flexibility index (Phi) is 3.63. The second kappa shape index (κ2) is 4.99. The van der Waals surface area contributed by atoms with E-state index >= 15 is 0 Å². The van der Waals surface area contributed by atoms with Gasteiger partial charge in [-0.15, -0.1) is 0 Å². The first kappa shape index (κ1) is 11.6. The van der Waals surface area contributed by atoms with E-state index in [0.717, 1.165) is 10.0 Å². The van der Waals surface area contributed by atoms with Crippen LogP contribution in [0.4, 0.5) is 0 Å². The summed E-state index contributed by atoms with van der Waals surface area (Å²) in [6, 6.07) is 5.63. The minimum Gasteiger partial charge on any atom is -0.441 e. The molecule has 2 N–H and O–H groups in total. The fourth-order valence-electron chi connectivity index (χ4n) is 1.33. The number of benzene rings is 1. The van der Waals surface area contributed by atoms with E-state index in [1.165, 1.54) is 0 Å². The lowest BCUT2D eigenvalue weighted by atomic mass is 10.2. The van der Waals surface area contributed by atoms with Crippen molar-refractivity contribution in [1.82, 2.24) is 4.98 Å². The molecule has 2 rings (SSSR count). The molecule has 16 heavy (non-hydrogen) atoms. The predicted molar refractivity (Wildman–Crippen MR) is 67.4 cm³/mol. The summed E-state index contributed by atoms with van der Waals surface area (Å²) in [5, 5.41) is 0.647. The smallest absolute Gasteiger partial charge is 0.196 e. The van der Waals surface area contributed by atoms with Crippen LogP contribution in [0, 0.1) is 0 Å². The molecule has 1 heterocycles. The molecule has 0 aliphatic heterocycles. The fourth-order valence-corrected chi connectivity index (χ4v) is 1.76. The van der Waals surface area contributed by atoms with Crippen molar-refractivity contribution < 1.29 is 4.42 Å². The monoisotopic (exact) mass is 300 g/mol. The first-order chi connectivity index (χ1) is 7.70. The van der Waals surface area contributed by atoms with Crippen LogP contribution in [0.3, 0.4) is 0 Å². The van der Waals surface area contributed by atoms with E-state index in [2.05, 4.69) is 20.9 Å². The molecule has 1 aromatic heterocycles. The Hall–Kier alpha value is -0.840. The maximum Gasteiger partial charge on any atom is 0.196 e. The van der Waals surface area contributed by atoms with Gasteiger partial charge < -0.3 is 10.2 Å². The molecule has 0 saturated carbocycles. The van der Waals surface area contributed by atoms with Crippen LogP contribution in [0.2, 0.25) is 5.02 Å². The van der Waals surface area contributed by atoms with Gasteiger partial charge in [0.1, 0.15) is 0 Å². The van der Waals surface area contributed by atoms with Crippen molar-refractivity contribution in [3.63, 3.8) is 0 Å². The third-order valence-corrected chi connectivity index (χ3v) is 3.35. The van der Waals surface area contributed by atoms with Crippen LogP contribution in [0.15, 0.2) is 33.3 Å². The molecule has 0 spiro atoms. The number of oxazole rings is 1. The quantitative estimate of drug-likeness (QED) is 0.946. The molecule has 1 aromatic carbocycles. The number of hydrogen-bond acceptors (Lipinski definition) is 3. The summed E-state index contributed by atoms with van der Waals surface area (Å²) < 4.78 is 6.40. The molecule has 84 valence electrons. The molecule has 2 aromatic rings. The van der Waals surface area contributed by atoms with Gasteiger partial charge in [0.25, 0.3) is 0 Å². The molecular weight excluding hydrogens is 291 g/mol. The van der Waals surface area contributed by atoms with Crippen LogP contribution >= 0.6 is 27.5 Å². The first-order valence-corrected chi connectivity index (χ1v) is 5.98. The number of aromatic nitrogens is 1. The zero-order valence-electron chi connectivity index (χ0n) is 8.41. The average molecular weight is 302 g/mol. The highest BCUT2D eigenvalue weighted by Crippen LogP contribution is 2.29. The number of halogens is 2. The maximum atomic E-state index is 6.00. The lowest BCUT2D eigenvalue weighted by Crippen LogP contribution is -2.02. The summed E-state index contributed by atoms with van der Waals surface area (Å²) in [6.45, 7) is 0.529. The van der Waals surface area contributed by atoms with Gasteiger partial charge in [0, 0.05) is 23.0 Å². The van der Waals surface area contributed by atoms with Crippen LogP contribution in [0.5, 0.6) is 0 Å².